The van der Waals surface area contributed by atoms with Gasteiger partial charge in [0.25, 0.3) is 0 Å². The molecule has 1 aliphatic heterocycles. The first-order valence-electron chi connectivity index (χ1n) is 5.75. The topological polar surface area (TPSA) is 51.4 Å². The van der Waals surface area contributed by atoms with Gasteiger partial charge in [0.2, 0.25) is 0 Å². The quantitative estimate of drug-likeness (QED) is 0.845. The van der Waals surface area contributed by atoms with Gasteiger partial charge in [0.15, 0.2) is 11.6 Å². The van der Waals surface area contributed by atoms with Crippen LogP contribution in [-0.4, -0.2) is 30.3 Å². The summed E-state index contributed by atoms with van der Waals surface area (Å²) >= 11 is 0. The summed E-state index contributed by atoms with van der Waals surface area (Å²) in [6, 6.07) is 1.62. The Morgan fingerprint density at radius 2 is 2.35 bits per heavy atom. The first-order valence-corrected chi connectivity index (χ1v) is 5.75. The van der Waals surface area contributed by atoms with E-state index in [1.165, 1.54) is 0 Å². The third-order valence-electron chi connectivity index (χ3n) is 3.07. The van der Waals surface area contributed by atoms with Crippen molar-refractivity contribution in [3.63, 3.8) is 0 Å². The van der Waals surface area contributed by atoms with E-state index in [-0.39, 0.29) is 17.9 Å². The van der Waals surface area contributed by atoms with Crippen LogP contribution in [0.4, 0.5) is 10.2 Å². The van der Waals surface area contributed by atoms with E-state index in [1.807, 2.05) is 18.7 Å². The van der Waals surface area contributed by atoms with Gasteiger partial charge in [-0.3, -0.25) is 0 Å². The fourth-order valence-electron chi connectivity index (χ4n) is 2.07. The number of nitrogens with zero attached hydrogens (tertiary/aromatic N) is 2. The Morgan fingerprint density at radius 1 is 1.59 bits per heavy atom. The standard InChI is InChI=1S/C12H18FN3O/c1-12(2)8-17-6-5-16(12)11-10(13)9(7-14)3-4-15-11/h3-4H,5-8,14H2,1-2H3. The van der Waals surface area contributed by atoms with Crippen molar-refractivity contribution >= 4 is 5.82 Å². The van der Waals surface area contributed by atoms with E-state index in [9.17, 15) is 4.39 Å². The lowest BCUT2D eigenvalue weighted by atomic mass is 10.0. The highest BCUT2D eigenvalue weighted by Gasteiger charge is 2.33. The Labute approximate surface area is 101 Å². The van der Waals surface area contributed by atoms with Crippen LogP contribution in [-0.2, 0) is 11.3 Å². The summed E-state index contributed by atoms with van der Waals surface area (Å²) in [7, 11) is 0. The van der Waals surface area contributed by atoms with Gasteiger partial charge in [-0.2, -0.15) is 0 Å². The number of morpholine rings is 1. The maximum atomic E-state index is 14.2. The molecule has 4 nitrogen and oxygen atoms in total. The highest BCUT2D eigenvalue weighted by Crippen LogP contribution is 2.28. The molecule has 2 N–H and O–H groups in total. The molecule has 0 amide bonds. The third-order valence-corrected chi connectivity index (χ3v) is 3.07. The third kappa shape index (κ3) is 2.25. The van der Waals surface area contributed by atoms with Gasteiger partial charge in [0, 0.05) is 24.8 Å². The smallest absolute Gasteiger partial charge is 0.170 e. The lowest BCUT2D eigenvalue weighted by Gasteiger charge is -2.43. The number of ether oxygens (including phenoxy) is 1. The van der Waals surface area contributed by atoms with Gasteiger partial charge >= 0.3 is 0 Å². The summed E-state index contributed by atoms with van der Waals surface area (Å²) in [5.74, 6) is 0.0613. The summed E-state index contributed by atoms with van der Waals surface area (Å²) in [4.78, 5) is 6.10. The highest BCUT2D eigenvalue weighted by atomic mass is 19.1. The van der Waals surface area contributed by atoms with Crippen LogP contribution in [0.1, 0.15) is 19.4 Å². The molecule has 0 radical (unpaired) electrons. The molecular weight excluding hydrogens is 221 g/mol. The molecule has 0 bridgehead atoms. The lowest BCUT2D eigenvalue weighted by molar-refractivity contribution is 0.0634. The Morgan fingerprint density at radius 3 is 3.00 bits per heavy atom. The van der Waals surface area contributed by atoms with Crippen LogP contribution in [0.15, 0.2) is 12.3 Å². The number of nitrogens with two attached hydrogens (primary N) is 1. The van der Waals surface area contributed by atoms with E-state index in [0.29, 0.717) is 31.1 Å². The Balaban J connectivity index is 2.39. The molecule has 1 aromatic rings. The van der Waals surface area contributed by atoms with E-state index < -0.39 is 0 Å². The van der Waals surface area contributed by atoms with Crippen LogP contribution in [0.5, 0.6) is 0 Å². The molecule has 0 aliphatic carbocycles. The van der Waals surface area contributed by atoms with Crippen molar-refractivity contribution in [2.75, 3.05) is 24.7 Å². The molecule has 1 fully saturated rings. The lowest BCUT2D eigenvalue weighted by Crippen LogP contribution is -2.54. The summed E-state index contributed by atoms with van der Waals surface area (Å²) in [5, 5.41) is 0. The van der Waals surface area contributed by atoms with Gasteiger partial charge in [-0.25, -0.2) is 9.37 Å². The number of aromatic nitrogens is 1. The van der Waals surface area contributed by atoms with Crippen LogP contribution >= 0.6 is 0 Å². The Kier molecular flexibility index (Phi) is 3.31. The molecule has 0 aromatic carbocycles. The minimum atomic E-state index is -0.315. The number of halogens is 1. The molecule has 1 aliphatic rings. The maximum Gasteiger partial charge on any atom is 0.170 e. The second-order valence-electron chi connectivity index (χ2n) is 4.83. The average molecular weight is 239 g/mol. The highest BCUT2D eigenvalue weighted by molar-refractivity contribution is 5.46. The van der Waals surface area contributed by atoms with E-state index in [0.717, 1.165) is 0 Å². The zero-order valence-electron chi connectivity index (χ0n) is 10.2. The van der Waals surface area contributed by atoms with Gasteiger partial charge < -0.3 is 15.4 Å². The monoisotopic (exact) mass is 239 g/mol. The SMILES string of the molecule is CC1(C)COCCN1c1nccc(CN)c1F. The molecule has 2 heterocycles. The van der Waals surface area contributed by atoms with Crippen molar-refractivity contribution in [3.05, 3.63) is 23.6 Å². The van der Waals surface area contributed by atoms with Gasteiger partial charge in [-0.15, -0.1) is 0 Å². The van der Waals surface area contributed by atoms with Gasteiger partial charge in [-0.05, 0) is 19.9 Å². The van der Waals surface area contributed by atoms with Crippen molar-refractivity contribution in [2.45, 2.75) is 25.9 Å². The summed E-state index contributed by atoms with van der Waals surface area (Å²) in [5.41, 5.74) is 5.75. The summed E-state index contributed by atoms with van der Waals surface area (Å²) < 4.78 is 19.6. The van der Waals surface area contributed by atoms with Crippen LogP contribution in [0, 0.1) is 5.82 Å². The van der Waals surface area contributed by atoms with Crippen LogP contribution < -0.4 is 10.6 Å². The molecule has 94 valence electrons. The van der Waals surface area contributed by atoms with Crippen molar-refractivity contribution in [3.8, 4) is 0 Å². The van der Waals surface area contributed by atoms with Crippen LogP contribution in [0.25, 0.3) is 0 Å². The zero-order chi connectivity index (χ0) is 12.5. The fraction of sp³-hybridized carbons (Fsp3) is 0.583. The predicted octanol–water partition coefficient (Wildman–Crippen LogP) is 1.29. The van der Waals surface area contributed by atoms with Crippen molar-refractivity contribution in [2.24, 2.45) is 5.73 Å². The van der Waals surface area contributed by atoms with Gasteiger partial charge in [-0.1, -0.05) is 0 Å². The molecule has 0 spiro atoms. The Hall–Kier alpha value is -1.20. The number of rotatable bonds is 2. The largest absolute Gasteiger partial charge is 0.377 e. The fourth-order valence-corrected chi connectivity index (χ4v) is 2.07. The molecule has 0 saturated carbocycles. The molecule has 1 aromatic heterocycles. The van der Waals surface area contributed by atoms with Crippen molar-refractivity contribution in [1.82, 2.24) is 4.98 Å². The van der Waals surface area contributed by atoms with Gasteiger partial charge in [0.05, 0.1) is 18.8 Å². The molecule has 0 unspecified atom stereocenters. The molecule has 5 heteroatoms. The number of hydrogen-bond donors (Lipinski definition) is 1. The molecular formula is C12H18FN3O. The summed E-state index contributed by atoms with van der Waals surface area (Å²) in [6.45, 7) is 6.03. The minimum Gasteiger partial charge on any atom is -0.377 e. The second kappa shape index (κ2) is 4.58. The first-order chi connectivity index (χ1) is 8.06. The van der Waals surface area contributed by atoms with E-state index in [2.05, 4.69) is 4.98 Å². The Bertz CT molecular complexity index is 409. The van der Waals surface area contributed by atoms with Crippen molar-refractivity contribution in [1.29, 1.82) is 0 Å². The number of hydrogen-bond acceptors (Lipinski definition) is 4. The molecule has 2 rings (SSSR count). The number of pyridine rings is 1. The normalized spacial score (nSPS) is 19.4. The van der Waals surface area contributed by atoms with Crippen LogP contribution in [0.3, 0.4) is 0 Å². The summed E-state index contributed by atoms with van der Waals surface area (Å²) in [6.07, 6.45) is 1.60. The maximum absolute atomic E-state index is 14.2. The average Bonchev–Trinajstić information content (AvgIpc) is 2.30. The van der Waals surface area contributed by atoms with Crippen molar-refractivity contribution < 1.29 is 9.13 Å². The second-order valence-corrected chi connectivity index (χ2v) is 4.83. The minimum absolute atomic E-state index is 0.187. The van der Waals surface area contributed by atoms with E-state index in [4.69, 9.17) is 10.5 Å². The van der Waals surface area contributed by atoms with Gasteiger partial charge in [0.1, 0.15) is 0 Å². The molecule has 17 heavy (non-hydrogen) atoms. The molecule has 0 atom stereocenters. The van der Waals surface area contributed by atoms with E-state index >= 15 is 0 Å². The van der Waals surface area contributed by atoms with E-state index in [1.54, 1.807) is 12.3 Å². The first kappa shape index (κ1) is 12.3. The predicted molar refractivity (Wildman–Crippen MR) is 64.3 cm³/mol. The van der Waals surface area contributed by atoms with Crippen LogP contribution in [0.2, 0.25) is 0 Å². The zero-order valence-corrected chi connectivity index (χ0v) is 10.2. The molecule has 1 saturated heterocycles. The number of anilines is 1.